The van der Waals surface area contributed by atoms with Gasteiger partial charge in [-0.15, -0.1) is 10.2 Å². The van der Waals surface area contributed by atoms with Gasteiger partial charge in [-0.2, -0.15) is 0 Å². The van der Waals surface area contributed by atoms with Crippen LogP contribution in [0.4, 0.5) is 10.8 Å². The molecule has 0 fully saturated rings. The number of halogens is 2. The van der Waals surface area contributed by atoms with Gasteiger partial charge in [0, 0.05) is 5.02 Å². The second-order valence-corrected chi connectivity index (χ2v) is 8.74. The molecule has 0 aliphatic heterocycles. The highest BCUT2D eigenvalue weighted by Gasteiger charge is 2.20. The molecule has 1 aromatic heterocycles. The van der Waals surface area contributed by atoms with E-state index in [0.717, 1.165) is 16.9 Å². The van der Waals surface area contributed by atoms with Gasteiger partial charge in [0.2, 0.25) is 5.13 Å². The third kappa shape index (κ3) is 4.56. The number of aromatic nitrogens is 2. The summed E-state index contributed by atoms with van der Waals surface area (Å²) in [4.78, 5) is 12.2. The molecule has 7 nitrogen and oxygen atoms in total. The normalized spacial score (nSPS) is 11.2. The van der Waals surface area contributed by atoms with E-state index in [-0.39, 0.29) is 20.6 Å². The first-order chi connectivity index (χ1) is 12.8. The number of carbonyl (C=O) groups excluding carboxylic acids is 1. The monoisotopic (exact) mass is 442 g/mol. The molecule has 0 saturated heterocycles. The summed E-state index contributed by atoms with van der Waals surface area (Å²) >= 11 is 13.2. The number of hydrogen-bond acceptors (Lipinski definition) is 6. The lowest BCUT2D eigenvalue weighted by atomic mass is 10.2. The van der Waals surface area contributed by atoms with Crippen molar-refractivity contribution in [2.24, 2.45) is 0 Å². The Balaban J connectivity index is 1.89. The third-order valence-electron chi connectivity index (χ3n) is 3.50. The second kappa shape index (κ2) is 7.81. The molecule has 1 heterocycles. The molecule has 0 saturated carbocycles. The minimum Gasteiger partial charge on any atom is -0.296 e. The number of benzene rings is 2. The quantitative estimate of drug-likeness (QED) is 0.616. The number of anilines is 2. The van der Waals surface area contributed by atoms with Crippen molar-refractivity contribution in [2.45, 2.75) is 11.8 Å². The molecule has 0 atom stereocenters. The summed E-state index contributed by atoms with van der Waals surface area (Å²) in [6, 6.07) is 8.64. The van der Waals surface area contributed by atoms with Crippen molar-refractivity contribution in [3.8, 4) is 0 Å². The third-order valence-corrected chi connectivity index (χ3v) is 6.22. The molecule has 1 amide bonds. The van der Waals surface area contributed by atoms with Crippen LogP contribution in [0.2, 0.25) is 10.0 Å². The molecule has 2 N–H and O–H groups in total. The number of nitrogens with zero attached hydrogens (tertiary/aromatic N) is 2. The average molecular weight is 443 g/mol. The zero-order valence-electron chi connectivity index (χ0n) is 13.7. The van der Waals surface area contributed by atoms with E-state index in [2.05, 4.69) is 20.2 Å². The van der Waals surface area contributed by atoms with E-state index in [9.17, 15) is 13.2 Å². The van der Waals surface area contributed by atoms with Gasteiger partial charge in [-0.25, -0.2) is 8.42 Å². The van der Waals surface area contributed by atoms with E-state index in [0.29, 0.717) is 10.7 Å². The molecule has 140 valence electrons. The molecule has 0 bridgehead atoms. The van der Waals surface area contributed by atoms with Crippen molar-refractivity contribution in [2.75, 3.05) is 10.0 Å². The molecule has 11 heteroatoms. The molecule has 3 rings (SSSR count). The number of carbonyl (C=O) groups is 1. The van der Waals surface area contributed by atoms with Crippen LogP contribution < -0.4 is 10.0 Å². The van der Waals surface area contributed by atoms with Crippen LogP contribution in [0.15, 0.2) is 46.8 Å². The predicted octanol–water partition coefficient (Wildman–Crippen LogP) is 4.21. The number of rotatable bonds is 5. The van der Waals surface area contributed by atoms with Gasteiger partial charge >= 0.3 is 0 Å². The zero-order valence-corrected chi connectivity index (χ0v) is 16.9. The van der Waals surface area contributed by atoms with E-state index in [1.807, 2.05) is 6.92 Å². The highest BCUT2D eigenvalue weighted by atomic mass is 35.5. The summed E-state index contributed by atoms with van der Waals surface area (Å²) in [5.41, 5.74) is 2.58. The highest BCUT2D eigenvalue weighted by molar-refractivity contribution is 7.92. The lowest BCUT2D eigenvalue weighted by Crippen LogP contribution is -2.16. The Morgan fingerprint density at radius 2 is 1.89 bits per heavy atom. The number of sulfonamides is 1. The zero-order chi connectivity index (χ0) is 19.6. The SMILES string of the molecule is Cc1ccc(NS(=O)(=O)c2ccc(Cl)c(C(=O)Nc3nncs3)c2)cc1Cl. The van der Waals surface area contributed by atoms with E-state index in [1.165, 1.54) is 29.8 Å². The van der Waals surface area contributed by atoms with Crippen LogP contribution in [-0.4, -0.2) is 24.5 Å². The Bertz CT molecular complexity index is 1100. The van der Waals surface area contributed by atoms with Crippen molar-refractivity contribution in [1.82, 2.24) is 10.2 Å². The summed E-state index contributed by atoms with van der Waals surface area (Å²) in [7, 11) is -3.95. The maximum absolute atomic E-state index is 12.7. The summed E-state index contributed by atoms with van der Waals surface area (Å²) in [5, 5.41) is 10.6. The Morgan fingerprint density at radius 1 is 1.11 bits per heavy atom. The van der Waals surface area contributed by atoms with Crippen molar-refractivity contribution < 1.29 is 13.2 Å². The van der Waals surface area contributed by atoms with Crippen LogP contribution in [0.3, 0.4) is 0 Å². The topological polar surface area (TPSA) is 101 Å². The molecular weight excluding hydrogens is 431 g/mol. The summed E-state index contributed by atoms with van der Waals surface area (Å²) < 4.78 is 27.7. The number of aryl methyl sites for hydroxylation is 1. The van der Waals surface area contributed by atoms with Crippen molar-refractivity contribution >= 4 is 61.3 Å². The Kier molecular flexibility index (Phi) is 5.66. The molecule has 0 aliphatic rings. The predicted molar refractivity (Wildman–Crippen MR) is 106 cm³/mol. The van der Waals surface area contributed by atoms with Gasteiger partial charge in [0.1, 0.15) is 5.51 Å². The van der Waals surface area contributed by atoms with E-state index >= 15 is 0 Å². The molecule has 0 spiro atoms. The minimum atomic E-state index is -3.95. The largest absolute Gasteiger partial charge is 0.296 e. The summed E-state index contributed by atoms with van der Waals surface area (Å²) in [6.45, 7) is 1.81. The summed E-state index contributed by atoms with van der Waals surface area (Å²) in [5.74, 6) is -0.591. The first-order valence-electron chi connectivity index (χ1n) is 7.42. The molecule has 0 aliphatic carbocycles. The second-order valence-electron chi connectivity index (χ2n) is 5.41. The van der Waals surface area contributed by atoms with Crippen molar-refractivity contribution in [3.05, 3.63) is 63.1 Å². The fraction of sp³-hybridized carbons (Fsp3) is 0.0625. The fourth-order valence-electron chi connectivity index (χ4n) is 2.11. The number of nitrogens with one attached hydrogen (secondary N) is 2. The average Bonchev–Trinajstić information content (AvgIpc) is 3.11. The van der Waals surface area contributed by atoms with Gasteiger partial charge in [-0.3, -0.25) is 14.8 Å². The van der Waals surface area contributed by atoms with Crippen LogP contribution in [0.1, 0.15) is 15.9 Å². The summed E-state index contributed by atoms with van der Waals surface area (Å²) in [6.07, 6.45) is 0. The molecule has 2 aromatic carbocycles. The first-order valence-corrected chi connectivity index (χ1v) is 10.5. The van der Waals surface area contributed by atoms with Gasteiger partial charge in [-0.1, -0.05) is 40.6 Å². The van der Waals surface area contributed by atoms with Gasteiger partial charge in [0.05, 0.1) is 21.2 Å². The smallest absolute Gasteiger partial charge is 0.261 e. The first kappa shape index (κ1) is 19.6. The number of hydrogen-bond donors (Lipinski definition) is 2. The molecule has 27 heavy (non-hydrogen) atoms. The lowest BCUT2D eigenvalue weighted by Gasteiger charge is -2.11. The van der Waals surface area contributed by atoms with Crippen LogP contribution in [-0.2, 0) is 10.0 Å². The molecule has 3 aromatic rings. The standard InChI is InChI=1S/C16H12Cl2N4O3S2/c1-9-2-3-10(6-14(9)18)22-27(24,25)11-4-5-13(17)12(7-11)15(23)20-16-21-19-8-26-16/h2-8,22H,1H3,(H,20,21,23). The van der Waals surface area contributed by atoms with Crippen LogP contribution >= 0.6 is 34.5 Å². The Morgan fingerprint density at radius 3 is 2.56 bits per heavy atom. The molecule has 0 unspecified atom stereocenters. The molecule has 0 radical (unpaired) electrons. The molecular formula is C16H12Cl2N4O3S2. The highest BCUT2D eigenvalue weighted by Crippen LogP contribution is 2.25. The van der Waals surface area contributed by atoms with Gasteiger partial charge < -0.3 is 0 Å². The van der Waals surface area contributed by atoms with Crippen LogP contribution in [0.25, 0.3) is 0 Å². The van der Waals surface area contributed by atoms with Crippen LogP contribution in [0.5, 0.6) is 0 Å². The minimum absolute atomic E-state index is 0.00307. The maximum Gasteiger partial charge on any atom is 0.261 e. The van der Waals surface area contributed by atoms with Gasteiger partial charge in [0.15, 0.2) is 0 Å². The van der Waals surface area contributed by atoms with Crippen molar-refractivity contribution in [3.63, 3.8) is 0 Å². The van der Waals surface area contributed by atoms with E-state index in [1.54, 1.807) is 12.1 Å². The maximum atomic E-state index is 12.7. The fourth-order valence-corrected chi connectivity index (χ4v) is 4.01. The van der Waals surface area contributed by atoms with E-state index in [4.69, 9.17) is 23.2 Å². The number of amides is 1. The van der Waals surface area contributed by atoms with Gasteiger partial charge in [-0.05, 0) is 42.8 Å². The Hall–Kier alpha value is -2.20. The van der Waals surface area contributed by atoms with Crippen LogP contribution in [0, 0.1) is 6.92 Å². The van der Waals surface area contributed by atoms with E-state index < -0.39 is 15.9 Å². The van der Waals surface area contributed by atoms with Gasteiger partial charge in [0.25, 0.3) is 15.9 Å². The Labute approximate surface area is 169 Å². The van der Waals surface area contributed by atoms with Crippen molar-refractivity contribution in [1.29, 1.82) is 0 Å². The lowest BCUT2D eigenvalue weighted by molar-refractivity contribution is 0.102.